The van der Waals surface area contributed by atoms with Crippen LogP contribution in [-0.4, -0.2) is 32.9 Å². The predicted molar refractivity (Wildman–Crippen MR) is 113 cm³/mol. The fourth-order valence-electron chi connectivity index (χ4n) is 3.20. The summed E-state index contributed by atoms with van der Waals surface area (Å²) in [6, 6.07) is 11.6. The molecule has 3 aromatic rings. The van der Waals surface area contributed by atoms with Gasteiger partial charge in [0.05, 0.1) is 21.8 Å². The Bertz CT molecular complexity index is 1160. The van der Waals surface area contributed by atoms with Gasteiger partial charge in [-0.05, 0) is 68.8 Å². The summed E-state index contributed by atoms with van der Waals surface area (Å²) < 4.78 is 1.94. The van der Waals surface area contributed by atoms with Gasteiger partial charge in [0.1, 0.15) is 0 Å². The monoisotopic (exact) mass is 410 g/mol. The van der Waals surface area contributed by atoms with Gasteiger partial charge in [-0.3, -0.25) is 4.99 Å². The first kappa shape index (κ1) is 20.4. The molecule has 0 fully saturated rings. The van der Waals surface area contributed by atoms with Crippen molar-refractivity contribution in [3.8, 4) is 5.69 Å². The number of hydrogen-bond acceptors (Lipinski definition) is 3. The molecule has 0 unspecified atom stereocenters. The molecule has 0 atom stereocenters. The average molecular weight is 411 g/mol. The van der Waals surface area contributed by atoms with Crippen molar-refractivity contribution in [1.29, 1.82) is 0 Å². The molecule has 0 saturated carbocycles. The molecule has 0 aliphatic carbocycles. The highest BCUT2D eigenvalue weighted by atomic mass is 35.5. The molecule has 2 N–H and O–H groups in total. The van der Waals surface area contributed by atoms with Crippen molar-refractivity contribution >= 4 is 35.4 Å². The summed E-state index contributed by atoms with van der Waals surface area (Å²) in [5, 5.41) is 18.6. The number of hydrogen-bond donors (Lipinski definition) is 2. The number of carboxylic acids is 2. The normalized spacial score (nSPS) is 11.2. The van der Waals surface area contributed by atoms with Crippen LogP contribution in [0.15, 0.2) is 47.5 Å². The van der Waals surface area contributed by atoms with E-state index in [1.165, 1.54) is 6.07 Å². The fraction of sp³-hybridized carbons (Fsp3) is 0.136. The van der Waals surface area contributed by atoms with Crippen molar-refractivity contribution in [3.63, 3.8) is 0 Å². The largest absolute Gasteiger partial charge is 0.478 e. The lowest BCUT2D eigenvalue weighted by atomic mass is 10.1. The van der Waals surface area contributed by atoms with Crippen LogP contribution in [-0.2, 0) is 0 Å². The molecule has 0 saturated heterocycles. The van der Waals surface area contributed by atoms with E-state index in [4.69, 9.17) is 16.7 Å². The number of halogens is 1. The number of benzene rings is 2. The van der Waals surface area contributed by atoms with Gasteiger partial charge in [0, 0.05) is 28.9 Å². The smallest absolute Gasteiger partial charge is 0.337 e. The van der Waals surface area contributed by atoms with Crippen molar-refractivity contribution < 1.29 is 19.8 Å². The summed E-state index contributed by atoms with van der Waals surface area (Å²) in [7, 11) is 0. The predicted octanol–water partition coefficient (Wildman–Crippen LogP) is 5.20. The van der Waals surface area contributed by atoms with Crippen molar-refractivity contribution in [2.75, 3.05) is 0 Å². The molecule has 29 heavy (non-hydrogen) atoms. The van der Waals surface area contributed by atoms with Crippen LogP contribution in [0, 0.1) is 20.8 Å². The van der Waals surface area contributed by atoms with Gasteiger partial charge in [-0.2, -0.15) is 0 Å². The van der Waals surface area contributed by atoms with Crippen molar-refractivity contribution in [3.05, 3.63) is 81.1 Å². The molecule has 0 aliphatic rings. The first-order valence-electron chi connectivity index (χ1n) is 8.79. The first-order valence-corrected chi connectivity index (χ1v) is 9.17. The lowest BCUT2D eigenvalue weighted by Gasteiger charge is -2.11. The van der Waals surface area contributed by atoms with E-state index >= 15 is 0 Å². The zero-order chi connectivity index (χ0) is 21.3. The van der Waals surface area contributed by atoms with E-state index in [1.54, 1.807) is 36.5 Å². The lowest BCUT2D eigenvalue weighted by Crippen LogP contribution is -2.03. The van der Waals surface area contributed by atoms with Crippen LogP contribution in [0.1, 0.15) is 43.2 Å². The van der Waals surface area contributed by atoms with Crippen LogP contribution in [0.2, 0.25) is 5.02 Å². The number of aromatic nitrogens is 1. The van der Waals surface area contributed by atoms with Gasteiger partial charge in [0.2, 0.25) is 0 Å². The standard InChI is InChI=1S/C22H19ClN2O4/c1-12-8-15(21(26)27)4-7-20(12)24-11-16-9-13(2)25(14(16)3)17-5-6-19(23)18(10-17)22(28)29/h4-11H,1-3H3,(H,26,27)(H,28,29). The van der Waals surface area contributed by atoms with Gasteiger partial charge in [-0.1, -0.05) is 11.6 Å². The number of carboxylic acid groups (broad SMARTS) is 2. The number of rotatable bonds is 5. The Balaban J connectivity index is 1.99. The van der Waals surface area contributed by atoms with E-state index in [0.29, 0.717) is 11.4 Å². The minimum Gasteiger partial charge on any atom is -0.478 e. The van der Waals surface area contributed by atoms with E-state index < -0.39 is 11.9 Å². The number of nitrogens with zero attached hydrogens (tertiary/aromatic N) is 2. The molecule has 0 radical (unpaired) electrons. The number of carbonyl (C=O) groups is 2. The molecule has 1 heterocycles. The molecular formula is C22H19ClN2O4. The number of aliphatic imine (C=N–C) groups is 1. The van der Waals surface area contributed by atoms with Crippen LogP contribution >= 0.6 is 11.6 Å². The van der Waals surface area contributed by atoms with Gasteiger partial charge >= 0.3 is 11.9 Å². The molecule has 0 bridgehead atoms. The van der Waals surface area contributed by atoms with Crippen LogP contribution in [0.3, 0.4) is 0 Å². The Morgan fingerprint density at radius 1 is 1.00 bits per heavy atom. The van der Waals surface area contributed by atoms with E-state index in [9.17, 15) is 14.7 Å². The Morgan fingerprint density at radius 3 is 2.34 bits per heavy atom. The van der Waals surface area contributed by atoms with Crippen molar-refractivity contribution in [1.82, 2.24) is 4.57 Å². The highest BCUT2D eigenvalue weighted by Gasteiger charge is 2.14. The topological polar surface area (TPSA) is 91.9 Å². The second-order valence-electron chi connectivity index (χ2n) is 6.70. The van der Waals surface area contributed by atoms with Gasteiger partial charge in [0.25, 0.3) is 0 Å². The maximum Gasteiger partial charge on any atom is 0.337 e. The van der Waals surface area contributed by atoms with Crippen molar-refractivity contribution in [2.24, 2.45) is 4.99 Å². The molecule has 0 amide bonds. The molecule has 7 heteroatoms. The number of aromatic carboxylic acids is 2. The molecule has 2 aromatic carbocycles. The zero-order valence-electron chi connectivity index (χ0n) is 16.1. The minimum atomic E-state index is -1.08. The van der Waals surface area contributed by atoms with Gasteiger partial charge in [0.15, 0.2) is 0 Å². The van der Waals surface area contributed by atoms with Crippen LogP contribution < -0.4 is 0 Å². The minimum absolute atomic E-state index is 0.0426. The fourth-order valence-corrected chi connectivity index (χ4v) is 3.40. The summed E-state index contributed by atoms with van der Waals surface area (Å²) in [5.74, 6) is -2.06. The van der Waals surface area contributed by atoms with Crippen LogP contribution in [0.4, 0.5) is 5.69 Å². The molecule has 3 rings (SSSR count). The maximum atomic E-state index is 11.4. The first-order chi connectivity index (χ1) is 13.7. The highest BCUT2D eigenvalue weighted by molar-refractivity contribution is 6.33. The Labute approximate surface area is 172 Å². The Kier molecular flexibility index (Phi) is 5.57. The van der Waals surface area contributed by atoms with Gasteiger partial charge in [-0.25, -0.2) is 9.59 Å². The van der Waals surface area contributed by atoms with Crippen LogP contribution in [0.25, 0.3) is 5.69 Å². The summed E-state index contributed by atoms with van der Waals surface area (Å²) in [6.07, 6.45) is 1.72. The zero-order valence-corrected chi connectivity index (χ0v) is 16.9. The summed E-state index contributed by atoms with van der Waals surface area (Å²) >= 11 is 5.98. The molecule has 0 spiro atoms. The molecule has 0 aliphatic heterocycles. The Hall–Kier alpha value is -3.38. The highest BCUT2D eigenvalue weighted by Crippen LogP contribution is 2.25. The molecular weight excluding hydrogens is 392 g/mol. The summed E-state index contributed by atoms with van der Waals surface area (Å²) in [6.45, 7) is 5.65. The lowest BCUT2D eigenvalue weighted by molar-refractivity contribution is 0.0686. The molecule has 1 aromatic heterocycles. The third-order valence-corrected chi connectivity index (χ3v) is 5.02. The number of aryl methyl sites for hydroxylation is 2. The molecule has 6 nitrogen and oxygen atoms in total. The summed E-state index contributed by atoms with van der Waals surface area (Å²) in [5.41, 5.74) is 5.08. The maximum absolute atomic E-state index is 11.4. The van der Waals surface area contributed by atoms with E-state index in [-0.39, 0.29) is 16.1 Å². The third-order valence-electron chi connectivity index (χ3n) is 4.70. The second kappa shape index (κ2) is 7.93. The van der Waals surface area contributed by atoms with E-state index in [2.05, 4.69) is 4.99 Å². The van der Waals surface area contributed by atoms with E-state index in [1.807, 2.05) is 31.4 Å². The molecule has 148 valence electrons. The Morgan fingerprint density at radius 2 is 1.72 bits per heavy atom. The van der Waals surface area contributed by atoms with Crippen molar-refractivity contribution in [2.45, 2.75) is 20.8 Å². The average Bonchev–Trinajstić information content (AvgIpc) is 2.94. The SMILES string of the molecule is Cc1cc(C(=O)O)ccc1N=Cc1cc(C)n(-c2ccc(Cl)c(C(=O)O)c2)c1C. The second-order valence-corrected chi connectivity index (χ2v) is 7.10. The van der Waals surface area contributed by atoms with Gasteiger partial charge in [-0.15, -0.1) is 0 Å². The third kappa shape index (κ3) is 4.07. The quantitative estimate of drug-likeness (QED) is 0.565. The van der Waals surface area contributed by atoms with Gasteiger partial charge < -0.3 is 14.8 Å². The van der Waals surface area contributed by atoms with E-state index in [0.717, 1.165) is 22.5 Å². The summed E-state index contributed by atoms with van der Waals surface area (Å²) in [4.78, 5) is 26.9. The van der Waals surface area contributed by atoms with Crippen LogP contribution in [0.5, 0.6) is 0 Å².